The third kappa shape index (κ3) is 15.9. The summed E-state index contributed by atoms with van der Waals surface area (Å²) in [4.78, 5) is 22.7. The molecular weight excluding hydrogens is 802 g/mol. The molecule has 1 aromatic heterocycles. The fourth-order valence-electron chi connectivity index (χ4n) is 7.16. The summed E-state index contributed by atoms with van der Waals surface area (Å²) < 4.78 is 22.8. The number of hydrogen-bond donors (Lipinski definition) is 1. The second-order valence-electron chi connectivity index (χ2n) is 16.3. The molecule has 6 aromatic rings. The van der Waals surface area contributed by atoms with Crippen molar-refractivity contribution in [3.8, 4) is 24.0 Å². The topological polar surface area (TPSA) is 150 Å². The Morgan fingerprint density at radius 2 is 0.952 bits per heavy atom. The Bertz CT molecular complexity index is 2210. The molecule has 1 unspecified atom stereocenters. The van der Waals surface area contributed by atoms with Crippen molar-refractivity contribution in [2.24, 2.45) is 0 Å². The maximum Gasteiger partial charge on any atom is 0.317 e. The predicted octanol–water partition coefficient (Wildman–Crippen LogP) is 12.3. The van der Waals surface area contributed by atoms with Crippen molar-refractivity contribution >= 4 is 7.82 Å². The van der Waals surface area contributed by atoms with Gasteiger partial charge in [0.2, 0.25) is 6.33 Å². The zero-order valence-electron chi connectivity index (χ0n) is 38.9. The number of imidazole rings is 1. The highest BCUT2D eigenvalue weighted by Gasteiger charge is 2.32. The van der Waals surface area contributed by atoms with Crippen molar-refractivity contribution in [1.82, 2.24) is 4.57 Å². The molecule has 9 nitrogen and oxygen atoms in total. The van der Waals surface area contributed by atoms with Crippen LogP contribution in [0.25, 0.3) is 0 Å². The van der Waals surface area contributed by atoms with Gasteiger partial charge in [-0.3, -0.25) is 4.57 Å². The van der Waals surface area contributed by atoms with E-state index in [9.17, 15) is 14.4 Å². The summed E-state index contributed by atoms with van der Waals surface area (Å²) in [6, 6.07) is 50.3. The molecule has 6 rings (SSSR count). The van der Waals surface area contributed by atoms with E-state index in [0.717, 1.165) is 27.8 Å². The second kappa shape index (κ2) is 25.6. The van der Waals surface area contributed by atoms with Crippen LogP contribution in [0.15, 0.2) is 140 Å². The lowest BCUT2D eigenvalue weighted by molar-refractivity contribution is -0.721. The molecule has 63 heavy (non-hydrogen) atoms. The largest absolute Gasteiger partial charge is 0.746 e. The molecule has 0 bridgehead atoms. The summed E-state index contributed by atoms with van der Waals surface area (Å²) in [6.45, 7) is 24.0. The Labute approximate surface area is 376 Å². The molecule has 5 aromatic carbocycles. The van der Waals surface area contributed by atoms with Gasteiger partial charge in [0, 0.05) is 57.6 Å². The highest BCUT2D eigenvalue weighted by molar-refractivity contribution is 7.45. The van der Waals surface area contributed by atoms with Crippen LogP contribution in [0.1, 0.15) is 143 Å². The van der Waals surface area contributed by atoms with Gasteiger partial charge in [0.25, 0.3) is 0 Å². The standard InChI is InChI=1S/C36H35O4P.C11H21N2.3C2H3N/c1-36(2,3)30-24-31(33(26-16-8-4-9-17-26)27-18-10-5-11-19-27)35(40-41(37,38)39)32(25-30)34(28-20-12-6-13-21-28)29-22-14-7-15-23-29;1-8(2)12-7-13(9(3)4)11(6)10(12)5;3*1-2-3/h4-25,33-34H,1-3H3,(H2,37,38,39);7-9H,1-6H3;3*1H3/q;+1;;;/p-1. The summed E-state index contributed by atoms with van der Waals surface area (Å²) in [7, 11) is -5.19. The first-order chi connectivity index (χ1) is 29.8. The van der Waals surface area contributed by atoms with E-state index >= 15 is 0 Å². The Kier molecular flexibility index (Phi) is 21.5. The average Bonchev–Trinajstić information content (AvgIpc) is 3.54. The Morgan fingerprint density at radius 1 is 0.651 bits per heavy atom. The van der Waals surface area contributed by atoms with Crippen LogP contribution in [-0.4, -0.2) is 9.46 Å². The van der Waals surface area contributed by atoms with Crippen molar-refractivity contribution in [3.63, 3.8) is 0 Å². The van der Waals surface area contributed by atoms with Crippen LogP contribution in [0, 0.1) is 47.8 Å². The molecule has 1 atom stereocenters. The lowest BCUT2D eigenvalue weighted by Crippen LogP contribution is -2.37. The fraction of sp³-hybridized carbons (Fsp3) is 0.321. The van der Waals surface area contributed by atoms with E-state index < -0.39 is 7.82 Å². The van der Waals surface area contributed by atoms with Crippen LogP contribution in [0.5, 0.6) is 5.75 Å². The fourth-order valence-corrected chi connectivity index (χ4v) is 7.61. The van der Waals surface area contributed by atoms with E-state index in [1.807, 2.05) is 133 Å². The van der Waals surface area contributed by atoms with Gasteiger partial charge in [0.1, 0.15) is 17.1 Å². The minimum Gasteiger partial charge on any atom is -0.746 e. The molecule has 10 heteroatoms. The van der Waals surface area contributed by atoms with E-state index in [2.05, 4.69) is 77.8 Å². The van der Waals surface area contributed by atoms with E-state index in [-0.39, 0.29) is 23.0 Å². The number of nitrogens with zero attached hydrogens (tertiary/aromatic N) is 5. The van der Waals surface area contributed by atoms with Crippen LogP contribution in [-0.2, 0) is 9.98 Å². The number of rotatable bonds is 10. The predicted molar refractivity (Wildman–Crippen MR) is 252 cm³/mol. The molecule has 0 fully saturated rings. The lowest BCUT2D eigenvalue weighted by atomic mass is 9.75. The zero-order valence-corrected chi connectivity index (χ0v) is 39.8. The number of hydrogen-bond acceptors (Lipinski definition) is 6. The number of phosphoric ester groups is 1. The molecule has 0 saturated carbocycles. The Balaban J connectivity index is 0.000000513. The molecule has 0 aliphatic carbocycles. The van der Waals surface area contributed by atoms with Crippen LogP contribution in [0.4, 0.5) is 0 Å². The minimum absolute atomic E-state index is 0.147. The third-order valence-corrected chi connectivity index (χ3v) is 10.4. The molecule has 1 N–H and O–H groups in total. The van der Waals surface area contributed by atoms with Crippen molar-refractivity contribution in [1.29, 1.82) is 15.8 Å². The van der Waals surface area contributed by atoms with Gasteiger partial charge in [0.15, 0.2) is 0 Å². The van der Waals surface area contributed by atoms with Crippen LogP contribution in [0.2, 0.25) is 0 Å². The van der Waals surface area contributed by atoms with Gasteiger partial charge in [-0.25, -0.2) is 9.13 Å². The molecular formula is C53H64N5O4P. The molecule has 0 aliphatic rings. The Hall–Kier alpha value is -6.27. The summed E-state index contributed by atoms with van der Waals surface area (Å²) >= 11 is 0. The molecule has 0 saturated heterocycles. The van der Waals surface area contributed by atoms with Gasteiger partial charge < -0.3 is 14.3 Å². The zero-order chi connectivity index (χ0) is 47.3. The van der Waals surface area contributed by atoms with Crippen molar-refractivity contribution < 1.29 is 23.4 Å². The number of aromatic nitrogens is 2. The van der Waals surface area contributed by atoms with E-state index in [0.29, 0.717) is 23.2 Å². The maximum absolute atomic E-state index is 12.5. The Morgan fingerprint density at radius 3 is 1.16 bits per heavy atom. The molecule has 330 valence electrons. The summed E-state index contributed by atoms with van der Waals surface area (Å²) in [5.74, 6) is -0.561. The minimum atomic E-state index is -5.19. The van der Waals surface area contributed by atoms with Crippen LogP contribution in [0.3, 0.4) is 0 Å². The monoisotopic (exact) mass is 865 g/mol. The molecule has 0 amide bonds. The smallest absolute Gasteiger partial charge is 0.317 e. The van der Waals surface area contributed by atoms with Gasteiger partial charge in [-0.05, 0) is 60.9 Å². The SMILES string of the molecule is CC#N.CC#N.CC#N.CC(C)(C)c1cc(C(c2ccccc2)c2ccccc2)c(OP(=O)([O-])O)c(C(c2ccccc2)c2ccccc2)c1.Cc1c(C)[n+](C(C)C)cn1C(C)C. The lowest BCUT2D eigenvalue weighted by Gasteiger charge is -2.32. The number of phosphoric acid groups is 1. The molecule has 0 spiro atoms. The van der Waals surface area contributed by atoms with Crippen molar-refractivity contribution in [2.45, 2.75) is 112 Å². The number of nitriles is 3. The summed E-state index contributed by atoms with van der Waals surface area (Å²) in [5, 5.41) is 22.0. The van der Waals surface area contributed by atoms with Gasteiger partial charge in [-0.15, -0.1) is 0 Å². The van der Waals surface area contributed by atoms with Gasteiger partial charge in [0.05, 0.1) is 30.3 Å². The van der Waals surface area contributed by atoms with Gasteiger partial charge >= 0.3 is 7.82 Å². The number of benzene rings is 5. The first-order valence-corrected chi connectivity index (χ1v) is 22.4. The second-order valence-corrected chi connectivity index (χ2v) is 17.4. The highest BCUT2D eigenvalue weighted by atomic mass is 31.2. The first-order valence-electron chi connectivity index (χ1n) is 20.9. The van der Waals surface area contributed by atoms with E-state index in [1.54, 1.807) is 18.2 Å². The quantitative estimate of drug-likeness (QED) is 0.0818. The van der Waals surface area contributed by atoms with E-state index in [1.165, 1.54) is 32.2 Å². The molecule has 1 heterocycles. The maximum atomic E-state index is 12.5. The third-order valence-electron chi connectivity index (χ3n) is 10.0. The highest BCUT2D eigenvalue weighted by Crippen LogP contribution is 2.50. The first kappa shape index (κ1) is 52.9. The van der Waals surface area contributed by atoms with Crippen LogP contribution >= 0.6 is 7.82 Å². The molecule has 0 radical (unpaired) electrons. The molecule has 0 aliphatic heterocycles. The van der Waals surface area contributed by atoms with Crippen LogP contribution < -0.4 is 14.0 Å². The average molecular weight is 866 g/mol. The normalized spacial score (nSPS) is 11.4. The summed E-state index contributed by atoms with van der Waals surface area (Å²) in [6.07, 6.45) is 2.22. The van der Waals surface area contributed by atoms with Gasteiger partial charge in [-0.1, -0.05) is 154 Å². The van der Waals surface area contributed by atoms with Gasteiger partial charge in [-0.2, -0.15) is 15.8 Å². The van der Waals surface area contributed by atoms with E-state index in [4.69, 9.17) is 20.3 Å². The van der Waals surface area contributed by atoms with Crippen molar-refractivity contribution in [2.75, 3.05) is 0 Å². The summed E-state index contributed by atoms with van der Waals surface area (Å²) in [5.41, 5.74) is 8.79. The van der Waals surface area contributed by atoms with Crippen molar-refractivity contribution in [3.05, 3.63) is 190 Å².